The van der Waals surface area contributed by atoms with Crippen molar-refractivity contribution in [3.05, 3.63) is 12.7 Å². The third-order valence-corrected chi connectivity index (χ3v) is 3.12. The average molecular weight is 236 g/mol. The molecule has 2 N–H and O–H groups in total. The fraction of sp³-hybridized carbons (Fsp3) is 0.625. The third kappa shape index (κ3) is 3.76. The van der Waals surface area contributed by atoms with Gasteiger partial charge < -0.3 is 19.3 Å². The maximum atomic E-state index is 10.7. The first kappa shape index (κ1) is 12.4. The first-order chi connectivity index (χ1) is 6.93. The second kappa shape index (κ2) is 4.90. The minimum atomic E-state index is -4.11. The second-order valence-corrected chi connectivity index (χ2v) is 4.95. The van der Waals surface area contributed by atoms with Gasteiger partial charge in [0, 0.05) is 18.9 Å². The Hall–Kier alpha value is -0.680. The zero-order chi connectivity index (χ0) is 11.5. The monoisotopic (exact) mass is 236 g/mol. The first-order valence-electron chi connectivity index (χ1n) is 4.43. The van der Waals surface area contributed by atoms with E-state index >= 15 is 0 Å². The van der Waals surface area contributed by atoms with Gasteiger partial charge in [-0.05, 0) is 0 Å². The Balaban J connectivity index is 2.11. The van der Waals surface area contributed by atoms with Gasteiger partial charge in [-0.15, -0.1) is 0 Å². The highest BCUT2D eigenvalue weighted by Crippen LogP contribution is 2.50. The Labute approximate surface area is 87.0 Å². The molecular weight excluding hydrogens is 223 g/mol. The summed E-state index contributed by atoms with van der Waals surface area (Å²) < 4.78 is 20.3. The molecule has 6 nitrogen and oxygen atoms in total. The standard InChI is InChI=1S/C8H13O6P/c1-2-7(9)13-4-3-6-5-8(14-6)15(10,11)12/h2,6,8H,1,3-5H2,(H2,10,11,12). The Morgan fingerprint density at radius 3 is 2.73 bits per heavy atom. The fourth-order valence-electron chi connectivity index (χ4n) is 1.19. The van der Waals surface area contributed by atoms with Crippen molar-refractivity contribution in [1.82, 2.24) is 0 Å². The normalized spacial score (nSPS) is 25.5. The molecule has 0 aliphatic carbocycles. The van der Waals surface area contributed by atoms with Crippen molar-refractivity contribution in [2.45, 2.75) is 24.8 Å². The van der Waals surface area contributed by atoms with Crippen molar-refractivity contribution in [3.8, 4) is 0 Å². The highest BCUT2D eigenvalue weighted by atomic mass is 31.2. The second-order valence-electron chi connectivity index (χ2n) is 3.20. The molecule has 2 atom stereocenters. The van der Waals surface area contributed by atoms with Gasteiger partial charge in [-0.1, -0.05) is 6.58 Å². The van der Waals surface area contributed by atoms with Gasteiger partial charge in [0.25, 0.3) is 0 Å². The van der Waals surface area contributed by atoms with E-state index in [4.69, 9.17) is 14.5 Å². The number of carbonyl (C=O) groups is 1. The highest BCUT2D eigenvalue weighted by molar-refractivity contribution is 7.52. The molecule has 15 heavy (non-hydrogen) atoms. The lowest BCUT2D eigenvalue weighted by atomic mass is 10.1. The molecule has 1 rings (SSSR count). The van der Waals surface area contributed by atoms with Crippen LogP contribution in [-0.4, -0.2) is 34.3 Å². The summed E-state index contributed by atoms with van der Waals surface area (Å²) in [6.45, 7) is 3.40. The minimum Gasteiger partial charge on any atom is -0.462 e. The molecule has 0 radical (unpaired) electrons. The van der Waals surface area contributed by atoms with Gasteiger partial charge in [-0.2, -0.15) is 0 Å². The summed E-state index contributed by atoms with van der Waals surface area (Å²) in [4.78, 5) is 28.0. The topological polar surface area (TPSA) is 93.1 Å². The lowest BCUT2D eigenvalue weighted by molar-refractivity contribution is -0.141. The summed E-state index contributed by atoms with van der Waals surface area (Å²) in [7, 11) is -4.11. The van der Waals surface area contributed by atoms with Crippen LogP contribution >= 0.6 is 7.60 Å². The molecule has 1 heterocycles. The van der Waals surface area contributed by atoms with Crippen LogP contribution in [0.3, 0.4) is 0 Å². The Bertz CT molecular complexity index is 290. The SMILES string of the molecule is C=CC(=O)OCCC1CC(P(=O)(O)O)O1. The zero-order valence-corrected chi connectivity index (χ0v) is 8.93. The predicted octanol–water partition coefficient (Wildman–Crippen LogP) is 0.398. The van der Waals surface area contributed by atoms with Crippen molar-refractivity contribution in [2.75, 3.05) is 6.61 Å². The smallest absolute Gasteiger partial charge is 0.354 e. The number of hydrogen-bond acceptors (Lipinski definition) is 4. The van der Waals surface area contributed by atoms with Crippen molar-refractivity contribution in [1.29, 1.82) is 0 Å². The fourth-order valence-corrected chi connectivity index (χ4v) is 2.03. The van der Waals surface area contributed by atoms with E-state index in [0.717, 1.165) is 6.08 Å². The van der Waals surface area contributed by atoms with Crippen LogP contribution in [0.15, 0.2) is 12.7 Å². The van der Waals surface area contributed by atoms with Crippen LogP contribution in [0.2, 0.25) is 0 Å². The van der Waals surface area contributed by atoms with Crippen LogP contribution in [0, 0.1) is 0 Å². The van der Waals surface area contributed by atoms with Crippen LogP contribution in [-0.2, 0) is 18.8 Å². The number of rotatable bonds is 5. The summed E-state index contributed by atoms with van der Waals surface area (Å²) in [6, 6.07) is 0. The molecule has 0 aromatic carbocycles. The van der Waals surface area contributed by atoms with Crippen LogP contribution in [0.4, 0.5) is 0 Å². The zero-order valence-electron chi connectivity index (χ0n) is 8.04. The van der Waals surface area contributed by atoms with Gasteiger partial charge in [-0.25, -0.2) is 4.79 Å². The van der Waals surface area contributed by atoms with Crippen LogP contribution < -0.4 is 0 Å². The van der Waals surface area contributed by atoms with E-state index in [1.165, 1.54) is 0 Å². The van der Waals surface area contributed by atoms with Crippen molar-refractivity contribution in [2.24, 2.45) is 0 Å². The van der Waals surface area contributed by atoms with Crippen molar-refractivity contribution < 1.29 is 28.6 Å². The molecule has 7 heteroatoms. The van der Waals surface area contributed by atoms with Gasteiger partial charge in [0.05, 0.1) is 12.7 Å². The summed E-state index contributed by atoms with van der Waals surface area (Å²) in [6.07, 6.45) is 1.56. The molecule has 0 amide bonds. The minimum absolute atomic E-state index is 0.170. The molecule has 1 fully saturated rings. The number of hydrogen-bond donors (Lipinski definition) is 2. The van der Waals surface area contributed by atoms with E-state index in [1.54, 1.807) is 0 Å². The summed E-state index contributed by atoms with van der Waals surface area (Å²) in [5, 5.41) is 0. The maximum Gasteiger partial charge on any atom is 0.354 e. The molecule has 86 valence electrons. The lowest BCUT2D eigenvalue weighted by Gasteiger charge is -2.35. The lowest BCUT2D eigenvalue weighted by Crippen LogP contribution is -2.37. The highest BCUT2D eigenvalue weighted by Gasteiger charge is 2.41. The molecule has 0 aromatic rings. The molecule has 0 spiro atoms. The van der Waals surface area contributed by atoms with Gasteiger partial charge in [-0.3, -0.25) is 4.57 Å². The molecule has 0 bridgehead atoms. The third-order valence-electron chi connectivity index (χ3n) is 2.04. The van der Waals surface area contributed by atoms with E-state index in [-0.39, 0.29) is 12.7 Å². The van der Waals surface area contributed by atoms with Crippen molar-refractivity contribution in [3.63, 3.8) is 0 Å². The maximum absolute atomic E-state index is 10.7. The van der Waals surface area contributed by atoms with Crippen LogP contribution in [0.1, 0.15) is 12.8 Å². The molecular formula is C8H13O6P. The number of carbonyl (C=O) groups excluding carboxylic acids is 1. The largest absolute Gasteiger partial charge is 0.462 e. The van der Waals surface area contributed by atoms with E-state index in [9.17, 15) is 9.36 Å². The van der Waals surface area contributed by atoms with E-state index in [1.807, 2.05) is 0 Å². The summed E-state index contributed by atoms with van der Waals surface area (Å²) in [5.41, 5.74) is 0. The van der Waals surface area contributed by atoms with Crippen LogP contribution in [0.25, 0.3) is 0 Å². The number of esters is 1. The molecule has 1 aliphatic rings. The Kier molecular flexibility index (Phi) is 4.04. The quantitative estimate of drug-likeness (QED) is 0.407. The van der Waals surface area contributed by atoms with E-state index < -0.39 is 19.4 Å². The van der Waals surface area contributed by atoms with Gasteiger partial charge in [0.1, 0.15) is 0 Å². The Morgan fingerprint density at radius 2 is 2.27 bits per heavy atom. The molecule has 0 aromatic heterocycles. The molecule has 1 aliphatic heterocycles. The molecule has 1 saturated heterocycles. The van der Waals surface area contributed by atoms with Crippen molar-refractivity contribution >= 4 is 13.6 Å². The number of ether oxygens (including phenoxy) is 2. The van der Waals surface area contributed by atoms with E-state index in [0.29, 0.717) is 12.8 Å². The first-order valence-corrected chi connectivity index (χ1v) is 6.11. The van der Waals surface area contributed by atoms with Gasteiger partial charge in [0.15, 0.2) is 5.85 Å². The predicted molar refractivity (Wildman–Crippen MR) is 51.1 cm³/mol. The Morgan fingerprint density at radius 1 is 1.67 bits per heavy atom. The van der Waals surface area contributed by atoms with E-state index in [2.05, 4.69) is 11.3 Å². The van der Waals surface area contributed by atoms with Gasteiger partial charge >= 0.3 is 13.6 Å². The molecule has 0 saturated carbocycles. The summed E-state index contributed by atoms with van der Waals surface area (Å²) >= 11 is 0. The molecule has 2 unspecified atom stereocenters. The van der Waals surface area contributed by atoms with Gasteiger partial charge in [0.2, 0.25) is 0 Å². The van der Waals surface area contributed by atoms with Crippen LogP contribution in [0.5, 0.6) is 0 Å². The average Bonchev–Trinajstić information content (AvgIpc) is 2.06. The summed E-state index contributed by atoms with van der Waals surface area (Å²) in [5.74, 6) is -1.50.